The van der Waals surface area contributed by atoms with E-state index in [1.54, 1.807) is 12.3 Å². The van der Waals surface area contributed by atoms with Crippen LogP contribution in [0.4, 0.5) is 0 Å². The van der Waals surface area contributed by atoms with Crippen LogP contribution in [0.5, 0.6) is 11.5 Å². The second kappa shape index (κ2) is 11.6. The van der Waals surface area contributed by atoms with Crippen molar-refractivity contribution in [1.29, 1.82) is 0 Å². The lowest BCUT2D eigenvalue weighted by Crippen LogP contribution is -2.29. The highest BCUT2D eigenvalue weighted by Crippen LogP contribution is 2.34. The second-order valence-electron chi connectivity index (χ2n) is 10.4. The van der Waals surface area contributed by atoms with Crippen LogP contribution in [0.25, 0.3) is 21.7 Å². The van der Waals surface area contributed by atoms with E-state index in [9.17, 15) is 4.79 Å². The monoisotopic (exact) mass is 661 g/mol. The molecule has 1 aromatic heterocycles. The molecule has 0 aliphatic rings. The molecule has 0 fully saturated rings. The van der Waals surface area contributed by atoms with Gasteiger partial charge in [0.1, 0.15) is 12.4 Å². The second-order valence-corrected chi connectivity index (χ2v) is 12.2. The lowest BCUT2D eigenvalue weighted by molar-refractivity contribution is 0.270. The van der Waals surface area contributed by atoms with Crippen LogP contribution in [0.2, 0.25) is 0 Å². The molecule has 8 heteroatoms. The highest BCUT2D eigenvalue weighted by molar-refractivity contribution is 9.10. The Morgan fingerprint density at radius 2 is 1.68 bits per heavy atom. The molecule has 0 saturated carbocycles. The van der Waals surface area contributed by atoms with E-state index in [-0.39, 0.29) is 5.56 Å². The van der Waals surface area contributed by atoms with Crippen molar-refractivity contribution in [2.24, 2.45) is 5.10 Å². The van der Waals surface area contributed by atoms with Crippen molar-refractivity contribution < 1.29 is 9.47 Å². The average Bonchev–Trinajstić information content (AvgIpc) is 2.92. The topological polar surface area (TPSA) is 65.7 Å². The van der Waals surface area contributed by atoms with Gasteiger partial charge in [-0.3, -0.25) is 4.79 Å². The average molecular weight is 663 g/mol. The molecule has 204 valence electrons. The predicted octanol–water partition coefficient (Wildman–Crippen LogP) is 8.23. The van der Waals surface area contributed by atoms with E-state index in [2.05, 4.69) is 61.2 Å². The third-order valence-electron chi connectivity index (χ3n) is 6.42. The van der Waals surface area contributed by atoms with Crippen LogP contribution in [-0.2, 0) is 12.0 Å². The third-order valence-corrected chi connectivity index (χ3v) is 7.60. The fourth-order valence-electron chi connectivity index (χ4n) is 4.47. The lowest BCUT2D eigenvalue weighted by Gasteiger charge is -2.21. The lowest BCUT2D eigenvalue weighted by atomic mass is 9.95. The molecule has 0 aliphatic heterocycles. The van der Waals surface area contributed by atoms with E-state index in [0.29, 0.717) is 41.4 Å². The van der Waals surface area contributed by atoms with Gasteiger partial charge in [-0.25, -0.2) is 4.98 Å². The summed E-state index contributed by atoms with van der Waals surface area (Å²) < 4.78 is 15.1. The molecule has 0 atom stereocenters. The van der Waals surface area contributed by atoms with Crippen molar-refractivity contribution in [3.8, 4) is 11.5 Å². The van der Waals surface area contributed by atoms with Crippen molar-refractivity contribution in [1.82, 2.24) is 9.66 Å². The highest BCUT2D eigenvalue weighted by Gasteiger charge is 2.23. The van der Waals surface area contributed by atoms with Gasteiger partial charge in [0, 0.05) is 19.9 Å². The van der Waals surface area contributed by atoms with E-state index in [1.807, 2.05) is 70.2 Å². The number of hydrogen-bond acceptors (Lipinski definition) is 5. The van der Waals surface area contributed by atoms with Crippen molar-refractivity contribution >= 4 is 59.7 Å². The summed E-state index contributed by atoms with van der Waals surface area (Å²) in [6.45, 7) is 8.83. The summed E-state index contributed by atoms with van der Waals surface area (Å²) in [5.74, 6) is 1.78. The first-order valence-electron chi connectivity index (χ1n) is 13.0. The number of benzene rings is 4. The first-order chi connectivity index (χ1) is 19.2. The number of nitrogens with zero attached hydrogens (tertiary/aromatic N) is 3. The zero-order valence-corrected chi connectivity index (χ0v) is 25.9. The molecule has 0 spiro atoms. The summed E-state index contributed by atoms with van der Waals surface area (Å²) in [5.41, 5.74) is 1.82. The number of hydrogen-bond donors (Lipinski definition) is 0. The van der Waals surface area contributed by atoms with Crippen LogP contribution < -0.4 is 15.0 Å². The van der Waals surface area contributed by atoms with Crippen LogP contribution in [0.1, 0.15) is 44.6 Å². The first kappa shape index (κ1) is 28.1. The fourth-order valence-corrected chi connectivity index (χ4v) is 5.25. The maximum Gasteiger partial charge on any atom is 0.282 e. The molecular weight excluding hydrogens is 634 g/mol. The third kappa shape index (κ3) is 5.83. The molecular formula is C32H29Br2N3O3. The van der Waals surface area contributed by atoms with E-state index in [0.717, 1.165) is 25.5 Å². The number of ether oxygens (including phenoxy) is 2. The summed E-state index contributed by atoms with van der Waals surface area (Å²) in [5, 5.41) is 7.43. The number of fused-ring (bicyclic) bond motifs is 2. The smallest absolute Gasteiger partial charge is 0.282 e. The van der Waals surface area contributed by atoms with Crippen LogP contribution in [-0.4, -0.2) is 22.5 Å². The van der Waals surface area contributed by atoms with E-state index >= 15 is 0 Å². The fraction of sp³-hybridized carbons (Fsp3) is 0.219. The van der Waals surface area contributed by atoms with Crippen molar-refractivity contribution in [3.05, 3.63) is 109 Å². The molecule has 0 bridgehead atoms. The van der Waals surface area contributed by atoms with Crippen molar-refractivity contribution in [2.45, 2.75) is 39.7 Å². The highest BCUT2D eigenvalue weighted by atomic mass is 79.9. The van der Waals surface area contributed by atoms with Gasteiger partial charge in [0.15, 0.2) is 11.5 Å². The van der Waals surface area contributed by atoms with Crippen LogP contribution in [0.3, 0.4) is 0 Å². The predicted molar refractivity (Wildman–Crippen MR) is 169 cm³/mol. The Labute approximate surface area is 249 Å². The summed E-state index contributed by atoms with van der Waals surface area (Å²) >= 11 is 7.12. The van der Waals surface area contributed by atoms with E-state index in [4.69, 9.17) is 14.5 Å². The van der Waals surface area contributed by atoms with E-state index in [1.165, 1.54) is 10.1 Å². The van der Waals surface area contributed by atoms with Gasteiger partial charge in [0.2, 0.25) is 0 Å². The van der Waals surface area contributed by atoms with Gasteiger partial charge < -0.3 is 9.47 Å². The van der Waals surface area contributed by atoms with Crippen LogP contribution >= 0.6 is 31.9 Å². The Morgan fingerprint density at radius 1 is 0.925 bits per heavy atom. The Bertz CT molecular complexity index is 1800. The molecule has 0 amide bonds. The minimum Gasteiger partial charge on any atom is -0.490 e. The van der Waals surface area contributed by atoms with Crippen LogP contribution in [0.15, 0.2) is 91.6 Å². The molecule has 0 saturated heterocycles. The molecule has 0 aliphatic carbocycles. The normalized spacial score (nSPS) is 11.9. The van der Waals surface area contributed by atoms with Gasteiger partial charge in [-0.1, -0.05) is 79.2 Å². The summed E-state index contributed by atoms with van der Waals surface area (Å²) in [7, 11) is 0. The van der Waals surface area contributed by atoms with Crippen molar-refractivity contribution in [3.63, 3.8) is 0 Å². The quantitative estimate of drug-likeness (QED) is 0.165. The largest absolute Gasteiger partial charge is 0.490 e. The number of rotatable bonds is 7. The van der Waals surface area contributed by atoms with Crippen LogP contribution in [0, 0.1) is 0 Å². The Hall–Kier alpha value is -3.49. The maximum absolute atomic E-state index is 13.5. The molecule has 4 aromatic carbocycles. The molecule has 0 radical (unpaired) electrons. The summed E-state index contributed by atoms with van der Waals surface area (Å²) in [6.07, 6.45) is 1.64. The number of aromatic nitrogens is 2. The minimum atomic E-state index is -0.412. The van der Waals surface area contributed by atoms with Gasteiger partial charge >= 0.3 is 0 Å². The van der Waals surface area contributed by atoms with Gasteiger partial charge in [0.05, 0.1) is 23.7 Å². The Morgan fingerprint density at radius 3 is 2.45 bits per heavy atom. The zero-order chi connectivity index (χ0) is 28.4. The molecule has 1 heterocycles. The maximum atomic E-state index is 13.5. The van der Waals surface area contributed by atoms with Gasteiger partial charge in [-0.15, -0.1) is 0 Å². The molecule has 0 unspecified atom stereocenters. The molecule has 0 N–H and O–H groups in total. The van der Waals surface area contributed by atoms with Gasteiger partial charge in [-0.05, 0) is 69.5 Å². The number of halogens is 2. The summed E-state index contributed by atoms with van der Waals surface area (Å²) in [4.78, 5) is 18.3. The van der Waals surface area contributed by atoms with E-state index < -0.39 is 5.41 Å². The Kier molecular flexibility index (Phi) is 8.10. The molecule has 40 heavy (non-hydrogen) atoms. The molecule has 5 aromatic rings. The zero-order valence-electron chi connectivity index (χ0n) is 22.7. The summed E-state index contributed by atoms with van der Waals surface area (Å²) in [6, 6.07) is 23.7. The first-order valence-corrected chi connectivity index (χ1v) is 14.6. The SMILES string of the molecule is CCOc1cc(C=Nn2c(C(C)(C)C)nc3ccc(Br)cc3c2=O)c(Br)cc1OCc1cccc2ccccc12. The molecule has 5 rings (SSSR count). The van der Waals surface area contributed by atoms with Crippen molar-refractivity contribution in [2.75, 3.05) is 6.61 Å². The Balaban J connectivity index is 1.51. The van der Waals surface area contributed by atoms with Gasteiger partial charge in [0.25, 0.3) is 5.56 Å². The van der Waals surface area contributed by atoms with Gasteiger partial charge in [-0.2, -0.15) is 9.78 Å². The molecule has 6 nitrogen and oxygen atoms in total. The minimum absolute atomic E-state index is 0.233. The standard InChI is InChI=1S/C32H29Br2N3O3/c1-5-39-28-15-22(26(34)17-29(28)40-19-21-11-8-10-20-9-6-7-12-24(20)21)18-35-37-30(38)25-16-23(33)13-14-27(25)36-31(37)32(2,3)4/h6-18H,5,19H2,1-4H3.